The number of rotatable bonds is 3. The Morgan fingerprint density at radius 3 is 2.92 bits per heavy atom. The first-order chi connectivity index (χ1) is 11.7. The van der Waals surface area contributed by atoms with Crippen LogP contribution in [0.25, 0.3) is 10.9 Å². The van der Waals surface area contributed by atoms with Crippen molar-refractivity contribution in [3.8, 4) is 5.75 Å². The first kappa shape index (κ1) is 15.6. The molecule has 0 amide bonds. The molecule has 2 aromatic carbocycles. The van der Waals surface area contributed by atoms with E-state index >= 15 is 0 Å². The lowest BCUT2D eigenvalue weighted by molar-refractivity contribution is 0.332. The predicted molar refractivity (Wildman–Crippen MR) is 99.2 cm³/mol. The Labute approximate surface area is 147 Å². The molecule has 0 fully saturated rings. The van der Waals surface area contributed by atoms with Gasteiger partial charge in [0.05, 0.1) is 12.6 Å². The number of hydrogen-bond donors (Lipinski definition) is 2. The van der Waals surface area contributed by atoms with Crippen molar-refractivity contribution in [1.29, 1.82) is 0 Å². The fraction of sp³-hybridized carbons (Fsp3) is 0.300. The molecule has 1 atom stereocenters. The summed E-state index contributed by atoms with van der Waals surface area (Å²) in [5.74, 6) is 0.906. The van der Waals surface area contributed by atoms with Crippen LogP contribution in [-0.2, 0) is 6.42 Å². The molecular formula is C20H21ClN2O. The number of aryl methyl sites for hydroxylation is 1. The number of fused-ring (bicyclic) bond motifs is 3. The molecule has 2 heterocycles. The van der Waals surface area contributed by atoms with Crippen LogP contribution in [-0.4, -0.2) is 18.1 Å². The maximum Gasteiger partial charge on any atom is 0.124 e. The van der Waals surface area contributed by atoms with Gasteiger partial charge in [-0.15, -0.1) is 0 Å². The molecule has 24 heavy (non-hydrogen) atoms. The second-order valence-corrected chi connectivity index (χ2v) is 6.68. The smallest absolute Gasteiger partial charge is 0.124 e. The number of para-hydroxylation sites is 1. The Morgan fingerprint density at radius 2 is 2.08 bits per heavy atom. The van der Waals surface area contributed by atoms with E-state index in [1.54, 1.807) is 0 Å². The quantitative estimate of drug-likeness (QED) is 0.721. The van der Waals surface area contributed by atoms with Gasteiger partial charge in [0.1, 0.15) is 5.75 Å². The molecule has 1 aliphatic rings. The molecule has 1 aromatic heterocycles. The summed E-state index contributed by atoms with van der Waals surface area (Å²) < 4.78 is 5.90. The Bertz CT molecular complexity index is 900. The monoisotopic (exact) mass is 340 g/mol. The third kappa shape index (κ3) is 2.48. The van der Waals surface area contributed by atoms with Crippen LogP contribution < -0.4 is 10.1 Å². The number of benzene rings is 2. The molecule has 3 nitrogen and oxygen atoms in total. The highest BCUT2D eigenvalue weighted by Crippen LogP contribution is 2.39. The van der Waals surface area contributed by atoms with Crippen molar-refractivity contribution in [1.82, 2.24) is 10.3 Å². The van der Waals surface area contributed by atoms with Crippen molar-refractivity contribution in [2.75, 3.05) is 13.2 Å². The minimum absolute atomic E-state index is 0.0702. The van der Waals surface area contributed by atoms with E-state index < -0.39 is 0 Å². The first-order valence-electron chi connectivity index (χ1n) is 8.44. The molecule has 1 unspecified atom stereocenters. The molecule has 2 N–H and O–H groups in total. The van der Waals surface area contributed by atoms with Crippen LogP contribution in [0, 0.1) is 6.92 Å². The van der Waals surface area contributed by atoms with Gasteiger partial charge in [0.2, 0.25) is 0 Å². The average molecular weight is 341 g/mol. The van der Waals surface area contributed by atoms with Crippen LogP contribution in [0.15, 0.2) is 36.4 Å². The van der Waals surface area contributed by atoms with Gasteiger partial charge >= 0.3 is 0 Å². The zero-order valence-corrected chi connectivity index (χ0v) is 14.7. The van der Waals surface area contributed by atoms with Gasteiger partial charge in [0, 0.05) is 33.7 Å². The number of ether oxygens (including phenoxy) is 1. The lowest BCUT2D eigenvalue weighted by Crippen LogP contribution is -2.30. The molecular weight excluding hydrogens is 320 g/mol. The van der Waals surface area contributed by atoms with E-state index in [1.807, 2.05) is 26.0 Å². The maximum absolute atomic E-state index is 6.42. The lowest BCUT2D eigenvalue weighted by atomic mass is 9.93. The van der Waals surface area contributed by atoms with Crippen LogP contribution >= 0.6 is 11.6 Å². The van der Waals surface area contributed by atoms with Gasteiger partial charge in [-0.05, 0) is 49.6 Å². The molecule has 0 bridgehead atoms. The minimum Gasteiger partial charge on any atom is -0.494 e. The highest BCUT2D eigenvalue weighted by atomic mass is 35.5. The standard InChI is InChI=1S/C20H21ClN2O/c1-3-24-18-10-12(2)16(21)11-15(18)19-20-14(8-9-22-19)13-6-4-5-7-17(13)23-20/h4-7,10-11,19,22-23H,3,8-9H2,1-2H3. The summed E-state index contributed by atoms with van der Waals surface area (Å²) in [4.78, 5) is 3.61. The number of H-pyrrole nitrogens is 1. The van der Waals surface area contributed by atoms with Crippen molar-refractivity contribution in [3.63, 3.8) is 0 Å². The summed E-state index contributed by atoms with van der Waals surface area (Å²) in [5, 5.41) is 5.72. The molecule has 3 aromatic rings. The predicted octanol–water partition coefficient (Wildman–Crippen LogP) is 4.76. The van der Waals surface area contributed by atoms with Crippen molar-refractivity contribution >= 4 is 22.5 Å². The van der Waals surface area contributed by atoms with Gasteiger partial charge in [-0.2, -0.15) is 0 Å². The SMILES string of the molecule is CCOc1cc(C)c(Cl)cc1C1NCCc2c1[nH]c1ccccc21. The highest BCUT2D eigenvalue weighted by molar-refractivity contribution is 6.31. The number of hydrogen-bond acceptors (Lipinski definition) is 2. The summed E-state index contributed by atoms with van der Waals surface area (Å²) in [6.45, 7) is 5.60. The van der Waals surface area contributed by atoms with E-state index in [2.05, 4.69) is 34.6 Å². The zero-order valence-electron chi connectivity index (χ0n) is 13.9. The minimum atomic E-state index is 0.0702. The number of aromatic amines is 1. The second-order valence-electron chi connectivity index (χ2n) is 6.27. The van der Waals surface area contributed by atoms with E-state index in [-0.39, 0.29) is 6.04 Å². The summed E-state index contributed by atoms with van der Waals surface area (Å²) in [6, 6.07) is 12.7. The molecule has 0 aliphatic carbocycles. The van der Waals surface area contributed by atoms with Gasteiger partial charge in [0.25, 0.3) is 0 Å². The van der Waals surface area contributed by atoms with Crippen LogP contribution in [0.1, 0.15) is 35.3 Å². The van der Waals surface area contributed by atoms with E-state index in [4.69, 9.17) is 16.3 Å². The van der Waals surface area contributed by atoms with E-state index in [0.29, 0.717) is 6.61 Å². The number of nitrogens with one attached hydrogen (secondary N) is 2. The molecule has 124 valence electrons. The van der Waals surface area contributed by atoms with Gasteiger partial charge in [-0.3, -0.25) is 0 Å². The third-order valence-electron chi connectivity index (χ3n) is 4.76. The van der Waals surface area contributed by atoms with E-state index in [1.165, 1.54) is 22.2 Å². The fourth-order valence-electron chi connectivity index (χ4n) is 3.62. The molecule has 1 aliphatic heterocycles. The van der Waals surface area contributed by atoms with Gasteiger partial charge in [0.15, 0.2) is 0 Å². The topological polar surface area (TPSA) is 37.0 Å². The fourth-order valence-corrected chi connectivity index (χ4v) is 3.79. The normalized spacial score (nSPS) is 17.0. The number of aromatic nitrogens is 1. The summed E-state index contributed by atoms with van der Waals surface area (Å²) in [6.07, 6.45) is 1.03. The largest absolute Gasteiger partial charge is 0.494 e. The maximum atomic E-state index is 6.42. The van der Waals surface area contributed by atoms with Crippen LogP contribution in [0.5, 0.6) is 5.75 Å². The highest BCUT2D eigenvalue weighted by Gasteiger charge is 2.27. The van der Waals surface area contributed by atoms with Crippen molar-refractivity contribution in [2.45, 2.75) is 26.3 Å². The molecule has 0 radical (unpaired) electrons. The molecule has 0 saturated carbocycles. The summed E-state index contributed by atoms with van der Waals surface area (Å²) >= 11 is 6.42. The van der Waals surface area contributed by atoms with Crippen molar-refractivity contribution in [2.24, 2.45) is 0 Å². The van der Waals surface area contributed by atoms with E-state index in [0.717, 1.165) is 34.9 Å². The number of halogens is 1. The van der Waals surface area contributed by atoms with Gasteiger partial charge in [-0.1, -0.05) is 29.8 Å². The molecule has 4 rings (SSSR count). The van der Waals surface area contributed by atoms with Crippen LogP contribution in [0.4, 0.5) is 0 Å². The summed E-state index contributed by atoms with van der Waals surface area (Å²) in [5.41, 5.74) is 5.95. The average Bonchev–Trinajstić information content (AvgIpc) is 2.97. The van der Waals surface area contributed by atoms with Gasteiger partial charge < -0.3 is 15.0 Å². The summed E-state index contributed by atoms with van der Waals surface area (Å²) in [7, 11) is 0. The third-order valence-corrected chi connectivity index (χ3v) is 5.17. The van der Waals surface area contributed by atoms with Crippen LogP contribution in [0.2, 0.25) is 5.02 Å². The Morgan fingerprint density at radius 1 is 1.25 bits per heavy atom. The lowest BCUT2D eigenvalue weighted by Gasteiger charge is -2.27. The van der Waals surface area contributed by atoms with Crippen LogP contribution in [0.3, 0.4) is 0 Å². The Hall–Kier alpha value is -1.97. The molecule has 0 spiro atoms. The van der Waals surface area contributed by atoms with Crippen molar-refractivity contribution in [3.05, 3.63) is 63.8 Å². The molecule has 0 saturated heterocycles. The molecule has 4 heteroatoms. The van der Waals surface area contributed by atoms with Crippen molar-refractivity contribution < 1.29 is 4.74 Å². The first-order valence-corrected chi connectivity index (χ1v) is 8.82. The Balaban J connectivity index is 1.89. The second kappa shape index (κ2) is 6.15. The zero-order chi connectivity index (χ0) is 16.7. The van der Waals surface area contributed by atoms with Gasteiger partial charge in [-0.25, -0.2) is 0 Å². The Kier molecular flexibility index (Phi) is 3.99. The van der Waals surface area contributed by atoms with E-state index in [9.17, 15) is 0 Å².